The van der Waals surface area contributed by atoms with Crippen molar-refractivity contribution in [3.8, 4) is 0 Å². The summed E-state index contributed by atoms with van der Waals surface area (Å²) in [6, 6.07) is 8.00. The first-order chi connectivity index (χ1) is 6.74. The first-order valence-corrected chi connectivity index (χ1v) is 4.70. The van der Waals surface area contributed by atoms with Gasteiger partial charge < -0.3 is 5.11 Å². The van der Waals surface area contributed by atoms with Gasteiger partial charge in [0.05, 0.1) is 6.42 Å². The van der Waals surface area contributed by atoms with Crippen molar-refractivity contribution in [2.24, 2.45) is 0 Å². The van der Waals surface area contributed by atoms with Gasteiger partial charge >= 0.3 is 5.97 Å². The fraction of sp³-hybridized carbons (Fsp3) is 0.250. The topological polar surface area (TPSA) is 37.3 Å². The van der Waals surface area contributed by atoms with E-state index >= 15 is 0 Å². The van der Waals surface area contributed by atoms with E-state index in [9.17, 15) is 4.79 Å². The van der Waals surface area contributed by atoms with Crippen LogP contribution in [-0.2, 0) is 11.2 Å². The van der Waals surface area contributed by atoms with E-state index in [2.05, 4.69) is 13.0 Å². The molecule has 14 heavy (non-hydrogen) atoms. The van der Waals surface area contributed by atoms with Crippen molar-refractivity contribution in [3.63, 3.8) is 0 Å². The van der Waals surface area contributed by atoms with Gasteiger partial charge in [0.1, 0.15) is 0 Å². The average Bonchev–Trinajstić information content (AvgIpc) is 2.18. The van der Waals surface area contributed by atoms with Crippen LogP contribution in [0.15, 0.2) is 30.3 Å². The minimum atomic E-state index is -0.796. The summed E-state index contributed by atoms with van der Waals surface area (Å²) in [5.41, 5.74) is 2.35. The van der Waals surface area contributed by atoms with Crippen LogP contribution in [0.2, 0.25) is 0 Å². The van der Waals surface area contributed by atoms with Gasteiger partial charge in [0, 0.05) is 0 Å². The van der Waals surface area contributed by atoms with Crippen LogP contribution < -0.4 is 0 Å². The Morgan fingerprint density at radius 3 is 2.79 bits per heavy atom. The van der Waals surface area contributed by atoms with Gasteiger partial charge in [-0.05, 0) is 17.5 Å². The number of carbonyl (C=O) groups is 1. The Kier molecular flexibility index (Phi) is 3.92. The second-order valence-electron chi connectivity index (χ2n) is 3.05. The highest BCUT2D eigenvalue weighted by molar-refractivity contribution is 5.70. The number of carboxylic acid groups (broad SMARTS) is 1. The second kappa shape index (κ2) is 5.22. The van der Waals surface area contributed by atoms with Crippen molar-refractivity contribution < 1.29 is 9.90 Å². The van der Waals surface area contributed by atoms with Crippen LogP contribution >= 0.6 is 0 Å². The Morgan fingerprint density at radius 1 is 1.43 bits per heavy atom. The first-order valence-electron chi connectivity index (χ1n) is 4.70. The van der Waals surface area contributed by atoms with Crippen molar-refractivity contribution in [2.45, 2.75) is 19.8 Å². The third kappa shape index (κ3) is 3.05. The van der Waals surface area contributed by atoms with Crippen LogP contribution in [0.5, 0.6) is 0 Å². The third-order valence-electron chi connectivity index (χ3n) is 2.03. The summed E-state index contributed by atoms with van der Waals surface area (Å²) in [5, 5.41) is 8.47. The normalized spacial score (nSPS) is 10.6. The number of hydrogen-bond acceptors (Lipinski definition) is 1. The summed E-state index contributed by atoms with van der Waals surface area (Å²) < 4.78 is 0. The fourth-order valence-corrected chi connectivity index (χ4v) is 1.31. The van der Waals surface area contributed by atoms with Crippen LogP contribution in [0.25, 0.3) is 6.08 Å². The average molecular weight is 190 g/mol. The molecule has 0 saturated heterocycles. The molecule has 0 bridgehead atoms. The lowest BCUT2D eigenvalue weighted by Gasteiger charge is -2.01. The third-order valence-corrected chi connectivity index (χ3v) is 2.03. The molecule has 0 radical (unpaired) electrons. The number of hydrogen-bond donors (Lipinski definition) is 1. The standard InChI is InChI=1S/C12H14O2/c1-2-10-6-3-4-7-11(10)8-5-9-12(13)14/h3-8H,2,9H2,1H3,(H,13,14). The monoisotopic (exact) mass is 190 g/mol. The summed E-state index contributed by atoms with van der Waals surface area (Å²) >= 11 is 0. The molecule has 0 amide bonds. The SMILES string of the molecule is CCc1ccccc1C=CCC(=O)O. The Hall–Kier alpha value is -1.57. The van der Waals surface area contributed by atoms with E-state index in [0.29, 0.717) is 0 Å². The van der Waals surface area contributed by atoms with Crippen LogP contribution in [0.1, 0.15) is 24.5 Å². The van der Waals surface area contributed by atoms with Crippen molar-refractivity contribution in [1.82, 2.24) is 0 Å². The minimum absolute atomic E-state index is 0.0814. The van der Waals surface area contributed by atoms with Crippen LogP contribution in [0.3, 0.4) is 0 Å². The smallest absolute Gasteiger partial charge is 0.307 e. The lowest BCUT2D eigenvalue weighted by Crippen LogP contribution is -1.90. The molecule has 1 aromatic rings. The van der Waals surface area contributed by atoms with E-state index in [1.807, 2.05) is 24.3 Å². The maximum absolute atomic E-state index is 10.3. The molecule has 0 unspecified atom stereocenters. The zero-order chi connectivity index (χ0) is 10.4. The highest BCUT2D eigenvalue weighted by atomic mass is 16.4. The van der Waals surface area contributed by atoms with Gasteiger partial charge in [0.15, 0.2) is 0 Å². The van der Waals surface area contributed by atoms with Crippen molar-refractivity contribution in [2.75, 3.05) is 0 Å². The summed E-state index contributed by atoms with van der Waals surface area (Å²) in [4.78, 5) is 10.3. The van der Waals surface area contributed by atoms with E-state index in [1.54, 1.807) is 6.08 Å². The Morgan fingerprint density at radius 2 is 2.14 bits per heavy atom. The van der Waals surface area contributed by atoms with E-state index in [0.717, 1.165) is 12.0 Å². The van der Waals surface area contributed by atoms with Crippen LogP contribution in [0, 0.1) is 0 Å². The molecular weight excluding hydrogens is 176 g/mol. The maximum atomic E-state index is 10.3. The maximum Gasteiger partial charge on any atom is 0.307 e. The first kappa shape index (κ1) is 10.5. The van der Waals surface area contributed by atoms with E-state index in [-0.39, 0.29) is 6.42 Å². The molecule has 2 nitrogen and oxygen atoms in total. The Labute approximate surface area is 83.9 Å². The quantitative estimate of drug-likeness (QED) is 0.792. The highest BCUT2D eigenvalue weighted by Gasteiger charge is 1.95. The molecule has 1 N–H and O–H groups in total. The largest absolute Gasteiger partial charge is 0.481 e. The van der Waals surface area contributed by atoms with Gasteiger partial charge in [-0.3, -0.25) is 4.79 Å². The molecule has 1 rings (SSSR count). The van der Waals surface area contributed by atoms with Crippen molar-refractivity contribution >= 4 is 12.0 Å². The van der Waals surface area contributed by atoms with Gasteiger partial charge in [0.2, 0.25) is 0 Å². The molecule has 0 saturated carbocycles. The number of benzene rings is 1. The molecule has 2 heteroatoms. The van der Waals surface area contributed by atoms with Gasteiger partial charge in [-0.1, -0.05) is 43.3 Å². The van der Waals surface area contributed by atoms with Gasteiger partial charge in [-0.15, -0.1) is 0 Å². The molecule has 0 aliphatic heterocycles. The number of aliphatic carboxylic acids is 1. The molecule has 1 aromatic carbocycles. The highest BCUT2D eigenvalue weighted by Crippen LogP contribution is 2.11. The Bertz CT molecular complexity index is 340. The van der Waals surface area contributed by atoms with E-state index in [4.69, 9.17) is 5.11 Å². The van der Waals surface area contributed by atoms with Crippen LogP contribution in [-0.4, -0.2) is 11.1 Å². The number of rotatable bonds is 4. The van der Waals surface area contributed by atoms with Gasteiger partial charge in [0.25, 0.3) is 0 Å². The van der Waals surface area contributed by atoms with Gasteiger partial charge in [-0.25, -0.2) is 0 Å². The molecule has 0 aliphatic rings. The summed E-state index contributed by atoms with van der Waals surface area (Å²) in [6.45, 7) is 2.09. The molecule has 0 heterocycles. The zero-order valence-corrected chi connectivity index (χ0v) is 8.23. The fourth-order valence-electron chi connectivity index (χ4n) is 1.31. The lowest BCUT2D eigenvalue weighted by molar-refractivity contribution is -0.135. The van der Waals surface area contributed by atoms with Crippen molar-refractivity contribution in [1.29, 1.82) is 0 Å². The molecule has 0 aliphatic carbocycles. The van der Waals surface area contributed by atoms with Gasteiger partial charge in [-0.2, -0.15) is 0 Å². The molecular formula is C12H14O2. The predicted molar refractivity (Wildman–Crippen MR) is 57.1 cm³/mol. The molecule has 74 valence electrons. The van der Waals surface area contributed by atoms with E-state index < -0.39 is 5.97 Å². The molecule has 0 aromatic heterocycles. The number of aryl methyl sites for hydroxylation is 1. The lowest BCUT2D eigenvalue weighted by atomic mass is 10.0. The van der Waals surface area contributed by atoms with Crippen molar-refractivity contribution in [3.05, 3.63) is 41.5 Å². The minimum Gasteiger partial charge on any atom is -0.481 e. The summed E-state index contributed by atoms with van der Waals surface area (Å²) in [6.07, 6.45) is 4.59. The van der Waals surface area contributed by atoms with Crippen LogP contribution in [0.4, 0.5) is 0 Å². The second-order valence-corrected chi connectivity index (χ2v) is 3.05. The summed E-state index contributed by atoms with van der Waals surface area (Å²) in [7, 11) is 0. The Balaban J connectivity index is 2.75. The summed E-state index contributed by atoms with van der Waals surface area (Å²) in [5.74, 6) is -0.796. The predicted octanol–water partition coefficient (Wildman–Crippen LogP) is 2.74. The van der Waals surface area contributed by atoms with E-state index in [1.165, 1.54) is 5.56 Å². The molecule has 0 fully saturated rings. The number of carboxylic acids is 1. The molecule has 0 spiro atoms. The molecule has 0 atom stereocenters. The zero-order valence-electron chi connectivity index (χ0n) is 8.23.